The molecular formula is C24H30O6. The number of rotatable bonds is 5. The van der Waals surface area contributed by atoms with E-state index in [0.717, 1.165) is 47.5 Å². The molecule has 2 aliphatic heterocycles. The molecule has 0 bridgehead atoms. The summed E-state index contributed by atoms with van der Waals surface area (Å²) >= 11 is 0. The van der Waals surface area contributed by atoms with Gasteiger partial charge in [0.05, 0.1) is 19.3 Å². The summed E-state index contributed by atoms with van der Waals surface area (Å²) in [5, 5.41) is 30.5. The quantitative estimate of drug-likeness (QED) is 0.696. The second kappa shape index (κ2) is 9.04. The second-order valence-electron chi connectivity index (χ2n) is 8.34. The van der Waals surface area contributed by atoms with Crippen LogP contribution in [-0.4, -0.2) is 59.1 Å². The fourth-order valence-corrected chi connectivity index (χ4v) is 4.09. The van der Waals surface area contributed by atoms with Gasteiger partial charge < -0.3 is 29.5 Å². The van der Waals surface area contributed by atoms with Crippen LogP contribution in [0.4, 0.5) is 0 Å². The van der Waals surface area contributed by atoms with E-state index in [2.05, 4.69) is 19.1 Å². The van der Waals surface area contributed by atoms with Gasteiger partial charge in [0, 0.05) is 6.42 Å². The van der Waals surface area contributed by atoms with E-state index in [1.54, 1.807) is 6.92 Å². The predicted octanol–water partition coefficient (Wildman–Crippen LogP) is 2.30. The summed E-state index contributed by atoms with van der Waals surface area (Å²) < 4.78 is 17.1. The number of benzene rings is 2. The van der Waals surface area contributed by atoms with Crippen LogP contribution in [0.3, 0.4) is 0 Å². The van der Waals surface area contributed by atoms with Gasteiger partial charge >= 0.3 is 0 Å². The summed E-state index contributed by atoms with van der Waals surface area (Å²) in [6.07, 6.45) is -2.96. The van der Waals surface area contributed by atoms with Gasteiger partial charge in [-0.05, 0) is 54.7 Å². The van der Waals surface area contributed by atoms with Gasteiger partial charge in [-0.3, -0.25) is 0 Å². The number of hydrogen-bond acceptors (Lipinski definition) is 6. The van der Waals surface area contributed by atoms with E-state index in [-0.39, 0.29) is 6.10 Å². The van der Waals surface area contributed by atoms with E-state index in [0.29, 0.717) is 6.61 Å². The smallest absolute Gasteiger partial charge is 0.124 e. The van der Waals surface area contributed by atoms with E-state index in [4.69, 9.17) is 14.2 Å². The molecule has 0 saturated carbocycles. The fraction of sp³-hybridized carbons (Fsp3) is 0.500. The van der Waals surface area contributed by atoms with Crippen LogP contribution >= 0.6 is 0 Å². The Morgan fingerprint density at radius 1 is 1.00 bits per heavy atom. The lowest BCUT2D eigenvalue weighted by atomic mass is 9.89. The third-order valence-corrected chi connectivity index (χ3v) is 6.06. The standard InChI is InChI=1S/C24H30O6/c1-14-3-6-17(24-23(27)22(26)21(25)15(2)29-24)12-18(14)11-16-4-7-19(8-5-16)30-20-9-10-28-13-20/h3-8,12,15,20-27H,9-11,13H2,1-2H3. The van der Waals surface area contributed by atoms with Crippen LogP contribution in [0.1, 0.15) is 41.7 Å². The number of aryl methyl sites for hydroxylation is 1. The summed E-state index contributed by atoms with van der Waals surface area (Å²) in [7, 11) is 0. The Morgan fingerprint density at radius 2 is 1.77 bits per heavy atom. The first-order valence-electron chi connectivity index (χ1n) is 10.5. The van der Waals surface area contributed by atoms with Gasteiger partial charge in [-0.2, -0.15) is 0 Å². The van der Waals surface area contributed by atoms with Crippen LogP contribution in [0.25, 0.3) is 0 Å². The minimum absolute atomic E-state index is 0.132. The summed E-state index contributed by atoms with van der Waals surface area (Å²) in [6, 6.07) is 14.0. The van der Waals surface area contributed by atoms with E-state index in [9.17, 15) is 15.3 Å². The Morgan fingerprint density at radius 3 is 2.47 bits per heavy atom. The van der Waals surface area contributed by atoms with Crippen LogP contribution in [-0.2, 0) is 15.9 Å². The number of hydrogen-bond donors (Lipinski definition) is 3. The van der Waals surface area contributed by atoms with Crippen LogP contribution in [0.5, 0.6) is 5.75 Å². The molecule has 0 spiro atoms. The molecule has 30 heavy (non-hydrogen) atoms. The van der Waals surface area contributed by atoms with Gasteiger partial charge in [0.15, 0.2) is 0 Å². The maximum absolute atomic E-state index is 10.4. The number of aliphatic hydroxyl groups is 3. The lowest BCUT2D eigenvalue weighted by Gasteiger charge is -2.39. The van der Waals surface area contributed by atoms with Crippen LogP contribution in [0.2, 0.25) is 0 Å². The van der Waals surface area contributed by atoms with Crippen molar-refractivity contribution < 1.29 is 29.5 Å². The highest BCUT2D eigenvalue weighted by Gasteiger charge is 2.42. The highest BCUT2D eigenvalue weighted by atomic mass is 16.5. The zero-order valence-corrected chi connectivity index (χ0v) is 17.4. The van der Waals surface area contributed by atoms with Crippen molar-refractivity contribution in [3.63, 3.8) is 0 Å². The third kappa shape index (κ3) is 4.53. The minimum Gasteiger partial charge on any atom is -0.488 e. The maximum Gasteiger partial charge on any atom is 0.124 e. The molecule has 6 atom stereocenters. The average Bonchev–Trinajstić information content (AvgIpc) is 3.25. The zero-order chi connectivity index (χ0) is 21.3. The first-order valence-corrected chi connectivity index (χ1v) is 10.5. The lowest BCUT2D eigenvalue weighted by Crippen LogP contribution is -2.53. The topological polar surface area (TPSA) is 88.4 Å². The first-order chi connectivity index (χ1) is 14.4. The molecular weight excluding hydrogens is 384 g/mol. The molecule has 2 aliphatic rings. The molecule has 2 saturated heterocycles. The summed E-state index contributed by atoms with van der Waals surface area (Å²) in [6.45, 7) is 5.15. The largest absolute Gasteiger partial charge is 0.488 e. The Bertz CT molecular complexity index is 845. The molecule has 4 rings (SSSR count). The Kier molecular flexibility index (Phi) is 6.41. The average molecular weight is 414 g/mol. The molecule has 2 aromatic rings. The van der Waals surface area contributed by atoms with E-state index >= 15 is 0 Å². The molecule has 6 unspecified atom stereocenters. The molecule has 162 valence electrons. The predicted molar refractivity (Wildman–Crippen MR) is 112 cm³/mol. The van der Waals surface area contributed by atoms with Gasteiger partial charge in [-0.1, -0.05) is 30.3 Å². The highest BCUT2D eigenvalue weighted by Crippen LogP contribution is 2.33. The molecule has 0 aliphatic carbocycles. The van der Waals surface area contributed by atoms with Crippen molar-refractivity contribution in [1.29, 1.82) is 0 Å². The Labute approximate surface area is 177 Å². The monoisotopic (exact) mass is 414 g/mol. The Hall–Kier alpha value is -1.96. The van der Waals surface area contributed by atoms with Gasteiger partial charge in [0.25, 0.3) is 0 Å². The summed E-state index contributed by atoms with van der Waals surface area (Å²) in [5.41, 5.74) is 4.21. The molecule has 0 amide bonds. The molecule has 6 nitrogen and oxygen atoms in total. The van der Waals surface area contributed by atoms with Gasteiger partial charge in [0.1, 0.15) is 36.3 Å². The minimum atomic E-state index is -1.23. The van der Waals surface area contributed by atoms with Gasteiger partial charge in [0.2, 0.25) is 0 Å². The van der Waals surface area contributed by atoms with Crippen LogP contribution in [0, 0.1) is 6.92 Å². The van der Waals surface area contributed by atoms with Gasteiger partial charge in [-0.25, -0.2) is 0 Å². The van der Waals surface area contributed by atoms with Crippen molar-refractivity contribution in [2.45, 2.75) is 63.3 Å². The van der Waals surface area contributed by atoms with Crippen molar-refractivity contribution in [3.05, 3.63) is 64.7 Å². The third-order valence-electron chi connectivity index (χ3n) is 6.06. The molecule has 2 fully saturated rings. The molecule has 2 heterocycles. The summed E-state index contributed by atoms with van der Waals surface area (Å²) in [5.74, 6) is 0.847. The van der Waals surface area contributed by atoms with E-state index < -0.39 is 30.5 Å². The zero-order valence-electron chi connectivity index (χ0n) is 17.4. The lowest BCUT2D eigenvalue weighted by molar-refractivity contribution is -0.219. The van der Waals surface area contributed by atoms with E-state index in [1.807, 2.05) is 30.3 Å². The normalized spacial score (nSPS) is 31.6. The van der Waals surface area contributed by atoms with Crippen molar-refractivity contribution in [2.24, 2.45) is 0 Å². The van der Waals surface area contributed by atoms with Gasteiger partial charge in [-0.15, -0.1) is 0 Å². The van der Waals surface area contributed by atoms with Crippen molar-refractivity contribution in [1.82, 2.24) is 0 Å². The Balaban J connectivity index is 1.48. The highest BCUT2D eigenvalue weighted by molar-refractivity contribution is 5.38. The first kappa shape index (κ1) is 21.3. The molecule has 0 aromatic heterocycles. The van der Waals surface area contributed by atoms with Crippen molar-refractivity contribution in [3.8, 4) is 5.75 Å². The van der Waals surface area contributed by atoms with Crippen molar-refractivity contribution >= 4 is 0 Å². The molecule has 3 N–H and O–H groups in total. The molecule has 6 heteroatoms. The van der Waals surface area contributed by atoms with Crippen molar-refractivity contribution in [2.75, 3.05) is 13.2 Å². The van der Waals surface area contributed by atoms with Crippen LogP contribution < -0.4 is 4.74 Å². The number of aliphatic hydroxyl groups excluding tert-OH is 3. The van der Waals surface area contributed by atoms with E-state index in [1.165, 1.54) is 0 Å². The van der Waals surface area contributed by atoms with Crippen LogP contribution in [0.15, 0.2) is 42.5 Å². The summed E-state index contributed by atoms with van der Waals surface area (Å²) in [4.78, 5) is 0. The molecule has 0 radical (unpaired) electrons. The SMILES string of the molecule is Cc1ccc(C2OC(C)C(O)C(O)C2O)cc1Cc1ccc(OC2CCOC2)cc1. The maximum atomic E-state index is 10.4. The second-order valence-corrected chi connectivity index (χ2v) is 8.34. The fourth-order valence-electron chi connectivity index (χ4n) is 4.09. The number of ether oxygens (including phenoxy) is 3. The molecule has 2 aromatic carbocycles.